The van der Waals surface area contributed by atoms with Crippen molar-refractivity contribution in [2.45, 2.75) is 60.3 Å². The molecule has 0 bridgehead atoms. The van der Waals surface area contributed by atoms with Crippen LogP contribution in [0.5, 0.6) is 0 Å². The molecule has 27 heavy (non-hydrogen) atoms. The molecule has 2 aromatic heterocycles. The SMILES string of the molecule is CC(C)CCC(C)CCN(CCC(C)C)C(=O)c1ccn2nc(Br)cc2c1. The van der Waals surface area contributed by atoms with Crippen LogP contribution in [0.4, 0.5) is 0 Å². The quantitative estimate of drug-likeness (QED) is 0.455. The Hall–Kier alpha value is -1.36. The molecule has 0 saturated carbocycles. The number of amides is 1. The van der Waals surface area contributed by atoms with Crippen molar-refractivity contribution < 1.29 is 4.79 Å². The summed E-state index contributed by atoms with van der Waals surface area (Å²) >= 11 is 3.39. The first kappa shape index (κ1) is 21.9. The van der Waals surface area contributed by atoms with Crippen molar-refractivity contribution in [2.24, 2.45) is 17.8 Å². The van der Waals surface area contributed by atoms with Gasteiger partial charge in [-0.25, -0.2) is 4.52 Å². The molecule has 2 heterocycles. The molecule has 5 heteroatoms. The number of pyridine rings is 1. The van der Waals surface area contributed by atoms with Crippen LogP contribution in [-0.4, -0.2) is 33.5 Å². The van der Waals surface area contributed by atoms with Crippen molar-refractivity contribution >= 4 is 27.4 Å². The van der Waals surface area contributed by atoms with Gasteiger partial charge < -0.3 is 4.90 Å². The number of aromatic nitrogens is 2. The van der Waals surface area contributed by atoms with Crippen molar-refractivity contribution in [2.75, 3.05) is 13.1 Å². The highest BCUT2D eigenvalue weighted by Gasteiger charge is 2.18. The topological polar surface area (TPSA) is 37.6 Å². The first-order valence-electron chi connectivity index (χ1n) is 10.2. The average Bonchev–Trinajstić information content (AvgIpc) is 2.98. The van der Waals surface area contributed by atoms with Crippen LogP contribution in [0, 0.1) is 17.8 Å². The van der Waals surface area contributed by atoms with Crippen molar-refractivity contribution in [1.82, 2.24) is 14.5 Å². The number of carbonyl (C=O) groups is 1. The van der Waals surface area contributed by atoms with Crippen LogP contribution in [0.2, 0.25) is 0 Å². The van der Waals surface area contributed by atoms with Gasteiger partial charge in [-0.3, -0.25) is 4.79 Å². The molecule has 0 aliphatic carbocycles. The standard InChI is InChI=1S/C22H34BrN3O/c1-16(2)6-7-18(5)9-12-25(11-8-17(3)4)22(27)19-10-13-26-20(14-19)15-21(23)24-26/h10,13-18H,6-9,11-12H2,1-5H3. The van der Waals surface area contributed by atoms with E-state index in [0.29, 0.717) is 11.8 Å². The van der Waals surface area contributed by atoms with E-state index in [0.717, 1.165) is 47.5 Å². The van der Waals surface area contributed by atoms with Crippen molar-refractivity contribution in [3.63, 3.8) is 0 Å². The van der Waals surface area contributed by atoms with E-state index < -0.39 is 0 Å². The van der Waals surface area contributed by atoms with Crippen molar-refractivity contribution in [3.05, 3.63) is 34.6 Å². The van der Waals surface area contributed by atoms with E-state index in [4.69, 9.17) is 0 Å². The lowest BCUT2D eigenvalue weighted by Crippen LogP contribution is -2.34. The lowest BCUT2D eigenvalue weighted by atomic mass is 9.96. The fraction of sp³-hybridized carbons (Fsp3) is 0.636. The van der Waals surface area contributed by atoms with Gasteiger partial charge in [0.1, 0.15) is 4.60 Å². The highest BCUT2D eigenvalue weighted by atomic mass is 79.9. The Balaban J connectivity index is 2.07. The number of hydrogen-bond donors (Lipinski definition) is 0. The monoisotopic (exact) mass is 435 g/mol. The Morgan fingerprint density at radius 2 is 1.70 bits per heavy atom. The Morgan fingerprint density at radius 3 is 2.37 bits per heavy atom. The van der Waals surface area contributed by atoms with Crippen LogP contribution in [0.15, 0.2) is 29.0 Å². The molecule has 2 aromatic rings. The smallest absolute Gasteiger partial charge is 0.253 e. The van der Waals surface area contributed by atoms with E-state index in [2.05, 4.69) is 55.6 Å². The summed E-state index contributed by atoms with van der Waals surface area (Å²) in [6, 6.07) is 5.74. The first-order chi connectivity index (χ1) is 12.8. The van der Waals surface area contributed by atoms with Crippen molar-refractivity contribution in [1.29, 1.82) is 0 Å². The van der Waals surface area contributed by atoms with Crippen LogP contribution in [0.3, 0.4) is 0 Å². The molecular weight excluding hydrogens is 402 g/mol. The summed E-state index contributed by atoms with van der Waals surface area (Å²) in [5, 5.41) is 4.32. The molecule has 0 saturated heterocycles. The summed E-state index contributed by atoms with van der Waals surface area (Å²) in [4.78, 5) is 15.2. The highest BCUT2D eigenvalue weighted by Crippen LogP contribution is 2.18. The van der Waals surface area contributed by atoms with Gasteiger partial charge in [0.05, 0.1) is 5.52 Å². The van der Waals surface area contributed by atoms with E-state index in [-0.39, 0.29) is 5.91 Å². The number of carbonyl (C=O) groups excluding carboxylic acids is 1. The summed E-state index contributed by atoms with van der Waals surface area (Å²) in [6.45, 7) is 12.9. The van der Waals surface area contributed by atoms with Crippen LogP contribution >= 0.6 is 15.9 Å². The first-order valence-corrected chi connectivity index (χ1v) is 11.0. The largest absolute Gasteiger partial charge is 0.339 e. The Kier molecular flexibility index (Phi) is 8.33. The molecule has 0 aromatic carbocycles. The number of hydrogen-bond acceptors (Lipinski definition) is 2. The average molecular weight is 436 g/mol. The molecule has 1 atom stereocenters. The zero-order chi connectivity index (χ0) is 20.0. The number of nitrogens with zero attached hydrogens (tertiary/aromatic N) is 3. The molecule has 0 aliphatic rings. The summed E-state index contributed by atoms with van der Waals surface area (Å²) in [5.41, 5.74) is 1.68. The summed E-state index contributed by atoms with van der Waals surface area (Å²) in [5.74, 6) is 2.11. The van der Waals surface area contributed by atoms with E-state index in [1.165, 1.54) is 12.8 Å². The zero-order valence-corrected chi connectivity index (χ0v) is 19.0. The molecule has 0 aliphatic heterocycles. The van der Waals surface area contributed by atoms with E-state index >= 15 is 0 Å². The van der Waals surface area contributed by atoms with Gasteiger partial charge in [-0.05, 0) is 64.7 Å². The number of halogens is 1. The van der Waals surface area contributed by atoms with Gasteiger partial charge >= 0.3 is 0 Å². The van der Waals surface area contributed by atoms with Gasteiger partial charge in [0.2, 0.25) is 0 Å². The van der Waals surface area contributed by atoms with E-state index in [1.807, 2.05) is 29.3 Å². The van der Waals surface area contributed by atoms with Gasteiger partial charge in [0.15, 0.2) is 0 Å². The van der Waals surface area contributed by atoms with E-state index in [9.17, 15) is 4.79 Å². The van der Waals surface area contributed by atoms with Crippen LogP contribution in [-0.2, 0) is 0 Å². The maximum absolute atomic E-state index is 13.2. The second-order valence-electron chi connectivity index (χ2n) is 8.59. The molecule has 2 rings (SSSR count). The fourth-order valence-corrected chi connectivity index (χ4v) is 3.55. The Labute approximate surface area is 172 Å². The summed E-state index contributed by atoms with van der Waals surface area (Å²) in [6.07, 6.45) is 6.45. The predicted molar refractivity (Wildman–Crippen MR) is 116 cm³/mol. The lowest BCUT2D eigenvalue weighted by Gasteiger charge is -2.25. The second kappa shape index (κ2) is 10.3. The maximum atomic E-state index is 13.2. The Morgan fingerprint density at radius 1 is 1.04 bits per heavy atom. The molecule has 0 spiro atoms. The summed E-state index contributed by atoms with van der Waals surface area (Å²) in [7, 11) is 0. The second-order valence-corrected chi connectivity index (χ2v) is 9.40. The van der Waals surface area contributed by atoms with E-state index in [1.54, 1.807) is 4.52 Å². The highest BCUT2D eigenvalue weighted by molar-refractivity contribution is 9.10. The molecule has 1 amide bonds. The molecule has 0 radical (unpaired) electrons. The van der Waals surface area contributed by atoms with Crippen LogP contribution in [0.1, 0.15) is 70.7 Å². The van der Waals surface area contributed by atoms with Gasteiger partial charge in [0.25, 0.3) is 5.91 Å². The van der Waals surface area contributed by atoms with Gasteiger partial charge in [-0.1, -0.05) is 47.5 Å². The molecule has 4 nitrogen and oxygen atoms in total. The number of rotatable bonds is 10. The third-order valence-electron chi connectivity index (χ3n) is 5.07. The third-order valence-corrected chi connectivity index (χ3v) is 5.46. The minimum atomic E-state index is 0.131. The van der Waals surface area contributed by atoms with Crippen LogP contribution < -0.4 is 0 Å². The summed E-state index contributed by atoms with van der Waals surface area (Å²) < 4.78 is 2.57. The number of fused-ring (bicyclic) bond motifs is 1. The van der Waals surface area contributed by atoms with Crippen molar-refractivity contribution in [3.8, 4) is 0 Å². The van der Waals surface area contributed by atoms with Crippen LogP contribution in [0.25, 0.3) is 5.52 Å². The molecule has 150 valence electrons. The van der Waals surface area contributed by atoms with Gasteiger partial charge in [-0.2, -0.15) is 5.10 Å². The maximum Gasteiger partial charge on any atom is 0.253 e. The molecule has 0 fully saturated rings. The molecular formula is C22H34BrN3O. The zero-order valence-electron chi connectivity index (χ0n) is 17.4. The third kappa shape index (κ3) is 6.95. The minimum absolute atomic E-state index is 0.131. The normalized spacial score (nSPS) is 12.9. The predicted octanol–water partition coefficient (Wildman–Crippen LogP) is 6.05. The lowest BCUT2D eigenvalue weighted by molar-refractivity contribution is 0.0738. The minimum Gasteiger partial charge on any atom is -0.339 e. The van der Waals surface area contributed by atoms with Gasteiger partial charge in [0, 0.05) is 24.8 Å². The molecule has 1 unspecified atom stereocenters. The Bertz CT molecular complexity index is 738. The van der Waals surface area contributed by atoms with Gasteiger partial charge in [-0.15, -0.1) is 0 Å². The molecule has 0 N–H and O–H groups in total. The fourth-order valence-electron chi connectivity index (χ4n) is 3.15.